The summed E-state index contributed by atoms with van der Waals surface area (Å²) in [6.45, 7) is -0.624. The van der Waals surface area contributed by atoms with Crippen molar-refractivity contribution < 1.29 is 43.1 Å². The lowest BCUT2D eigenvalue weighted by atomic mass is 9.99. The number of alkyl halides is 3. The minimum Gasteiger partial charge on any atom is -0.462 e. The maximum Gasteiger partial charge on any atom is 0.442 e. The van der Waals surface area contributed by atoms with Gasteiger partial charge in [-0.05, 0) is 12.1 Å². The molecule has 0 spiro atoms. The molecule has 5 unspecified atom stereocenters. The number of rotatable bonds is 4. The lowest BCUT2D eigenvalue weighted by Crippen LogP contribution is -2.60. The van der Waals surface area contributed by atoms with Crippen LogP contribution >= 0.6 is 0 Å². The summed E-state index contributed by atoms with van der Waals surface area (Å²) < 4.78 is 49.2. The van der Waals surface area contributed by atoms with Crippen LogP contribution in [0.1, 0.15) is 5.56 Å². The van der Waals surface area contributed by atoms with Crippen LogP contribution in [0.25, 0.3) is 0 Å². The molecule has 138 valence electrons. The van der Waals surface area contributed by atoms with Gasteiger partial charge in [0.15, 0.2) is 0 Å². The predicted octanol–water partition coefficient (Wildman–Crippen LogP) is 0.0462. The van der Waals surface area contributed by atoms with Gasteiger partial charge < -0.3 is 29.9 Å². The smallest absolute Gasteiger partial charge is 0.442 e. The first-order valence-electron chi connectivity index (χ1n) is 7.28. The molecule has 0 aromatic heterocycles. The molecular formula is C14H15F3N2O6. The highest BCUT2D eigenvalue weighted by molar-refractivity contribution is 5.35. The second-order valence-electron chi connectivity index (χ2n) is 5.71. The van der Waals surface area contributed by atoms with Crippen molar-refractivity contribution in [1.29, 1.82) is 0 Å². The van der Waals surface area contributed by atoms with E-state index in [1.165, 1.54) is 12.1 Å². The average molecular weight is 364 g/mol. The summed E-state index contributed by atoms with van der Waals surface area (Å²) >= 11 is 0. The predicted molar refractivity (Wildman–Crippen MR) is 73.4 cm³/mol. The van der Waals surface area contributed by atoms with E-state index in [9.17, 15) is 28.5 Å². The van der Waals surface area contributed by atoms with E-state index in [0.717, 1.165) is 12.1 Å². The van der Waals surface area contributed by atoms with Crippen LogP contribution in [-0.2, 0) is 10.4 Å². The Bertz CT molecular complexity index is 645. The highest BCUT2D eigenvalue weighted by Gasteiger charge is 2.65. The van der Waals surface area contributed by atoms with E-state index < -0.39 is 49.2 Å². The molecule has 8 nitrogen and oxygen atoms in total. The van der Waals surface area contributed by atoms with E-state index in [4.69, 9.17) is 14.6 Å². The minimum absolute atomic E-state index is 0.0473. The standard InChI is InChI=1S/C14H15F3N2O6/c15-14(16,17)13(18-19-13)6-1-3-7(4-2-6)24-12-11(23)10(22)9(21)8(5-20)25-12/h1-4,8-12,20-23H,5H2. The third-order valence-electron chi connectivity index (χ3n) is 4.05. The molecule has 0 radical (unpaired) electrons. The van der Waals surface area contributed by atoms with E-state index >= 15 is 0 Å². The van der Waals surface area contributed by atoms with Gasteiger partial charge in [-0.15, -0.1) is 10.2 Å². The molecule has 2 aliphatic rings. The number of halogens is 3. The Kier molecular flexibility index (Phi) is 4.45. The molecule has 1 aromatic carbocycles. The van der Waals surface area contributed by atoms with Gasteiger partial charge in [-0.25, -0.2) is 0 Å². The molecule has 0 saturated carbocycles. The Morgan fingerprint density at radius 3 is 2.12 bits per heavy atom. The molecule has 2 heterocycles. The number of nitrogens with zero attached hydrogens (tertiary/aromatic N) is 2. The molecule has 2 aliphatic heterocycles. The van der Waals surface area contributed by atoms with E-state index in [2.05, 4.69) is 10.2 Å². The van der Waals surface area contributed by atoms with Crippen LogP contribution in [0.15, 0.2) is 34.5 Å². The SMILES string of the molecule is OCC1OC(Oc2ccc(C3(C(F)(F)F)N=N3)cc2)C(O)C(O)C1O. The molecule has 0 bridgehead atoms. The van der Waals surface area contributed by atoms with Gasteiger partial charge in [0, 0.05) is 5.56 Å². The molecule has 0 aliphatic carbocycles. The van der Waals surface area contributed by atoms with Crippen LogP contribution in [0.3, 0.4) is 0 Å². The molecular weight excluding hydrogens is 349 g/mol. The summed E-state index contributed by atoms with van der Waals surface area (Å²) in [6.07, 6.45) is -12.0. The molecule has 1 fully saturated rings. The van der Waals surface area contributed by atoms with Crippen LogP contribution in [0.2, 0.25) is 0 Å². The highest BCUT2D eigenvalue weighted by Crippen LogP contribution is 2.52. The Morgan fingerprint density at radius 2 is 1.64 bits per heavy atom. The highest BCUT2D eigenvalue weighted by atomic mass is 19.4. The number of aliphatic hydroxyl groups is 4. The monoisotopic (exact) mass is 364 g/mol. The average Bonchev–Trinajstić information content (AvgIpc) is 3.38. The molecule has 1 saturated heterocycles. The maximum atomic E-state index is 12.9. The third kappa shape index (κ3) is 3.09. The first kappa shape index (κ1) is 18.0. The lowest BCUT2D eigenvalue weighted by molar-refractivity contribution is -0.277. The molecule has 5 atom stereocenters. The molecule has 11 heteroatoms. The molecule has 1 aromatic rings. The molecule has 3 rings (SSSR count). The number of ether oxygens (including phenoxy) is 2. The van der Waals surface area contributed by atoms with Gasteiger partial charge in [-0.2, -0.15) is 13.2 Å². The number of hydrogen-bond acceptors (Lipinski definition) is 8. The van der Waals surface area contributed by atoms with Crippen LogP contribution < -0.4 is 4.74 Å². The van der Waals surface area contributed by atoms with Crippen molar-refractivity contribution in [2.24, 2.45) is 10.2 Å². The molecule has 4 N–H and O–H groups in total. The fourth-order valence-corrected chi connectivity index (χ4v) is 2.51. The van der Waals surface area contributed by atoms with E-state index in [1.807, 2.05) is 0 Å². The maximum absolute atomic E-state index is 12.9. The Labute approximate surface area is 139 Å². The summed E-state index contributed by atoms with van der Waals surface area (Å²) in [4.78, 5) is 0. The van der Waals surface area contributed by atoms with Gasteiger partial charge in [-0.3, -0.25) is 0 Å². The van der Waals surface area contributed by atoms with Crippen LogP contribution in [0.5, 0.6) is 5.75 Å². The van der Waals surface area contributed by atoms with Gasteiger partial charge in [0.05, 0.1) is 6.61 Å². The summed E-state index contributed by atoms with van der Waals surface area (Å²) in [5.74, 6) is 0.0473. The Hall–Kier alpha value is -1.79. The van der Waals surface area contributed by atoms with Crippen molar-refractivity contribution >= 4 is 0 Å². The topological polar surface area (TPSA) is 124 Å². The largest absolute Gasteiger partial charge is 0.462 e. The number of aliphatic hydroxyl groups excluding tert-OH is 4. The summed E-state index contributed by atoms with van der Waals surface area (Å²) in [7, 11) is 0. The fourth-order valence-electron chi connectivity index (χ4n) is 2.51. The Balaban J connectivity index is 1.72. The fraction of sp³-hybridized carbons (Fsp3) is 0.571. The van der Waals surface area contributed by atoms with Gasteiger partial charge in [0.2, 0.25) is 6.29 Å². The zero-order chi connectivity index (χ0) is 18.4. The van der Waals surface area contributed by atoms with Gasteiger partial charge in [-0.1, -0.05) is 12.1 Å². The second-order valence-corrected chi connectivity index (χ2v) is 5.71. The normalized spacial score (nSPS) is 34.0. The third-order valence-corrected chi connectivity index (χ3v) is 4.05. The molecule has 25 heavy (non-hydrogen) atoms. The first-order valence-corrected chi connectivity index (χ1v) is 7.28. The van der Waals surface area contributed by atoms with Crippen molar-refractivity contribution in [3.8, 4) is 5.75 Å². The van der Waals surface area contributed by atoms with Crippen molar-refractivity contribution in [2.75, 3.05) is 6.61 Å². The zero-order valence-electron chi connectivity index (χ0n) is 12.5. The van der Waals surface area contributed by atoms with E-state index in [0.29, 0.717) is 0 Å². The summed E-state index contributed by atoms with van der Waals surface area (Å²) in [5, 5.41) is 44.5. The number of benzene rings is 1. The van der Waals surface area contributed by atoms with E-state index in [-0.39, 0.29) is 11.3 Å². The second kappa shape index (κ2) is 6.18. The number of hydrogen-bond donors (Lipinski definition) is 4. The Morgan fingerprint density at radius 1 is 1.04 bits per heavy atom. The zero-order valence-corrected chi connectivity index (χ0v) is 12.5. The minimum atomic E-state index is -4.65. The molecule has 0 amide bonds. The van der Waals surface area contributed by atoms with Crippen LogP contribution in [0.4, 0.5) is 13.2 Å². The quantitative estimate of drug-likeness (QED) is 0.598. The van der Waals surface area contributed by atoms with Crippen LogP contribution in [-0.4, -0.2) is 63.9 Å². The van der Waals surface area contributed by atoms with E-state index in [1.54, 1.807) is 0 Å². The van der Waals surface area contributed by atoms with Crippen molar-refractivity contribution in [3.05, 3.63) is 29.8 Å². The van der Waals surface area contributed by atoms with Crippen molar-refractivity contribution in [3.63, 3.8) is 0 Å². The van der Waals surface area contributed by atoms with Crippen molar-refractivity contribution in [2.45, 2.75) is 42.5 Å². The van der Waals surface area contributed by atoms with Crippen molar-refractivity contribution in [1.82, 2.24) is 0 Å². The lowest BCUT2D eigenvalue weighted by Gasteiger charge is -2.39. The first-order chi connectivity index (χ1) is 11.7. The van der Waals surface area contributed by atoms with Gasteiger partial charge >= 0.3 is 11.8 Å². The van der Waals surface area contributed by atoms with Crippen LogP contribution in [0, 0.1) is 0 Å². The van der Waals surface area contributed by atoms with Gasteiger partial charge in [0.1, 0.15) is 30.2 Å². The summed E-state index contributed by atoms with van der Waals surface area (Å²) in [5.41, 5.74) is -2.74. The summed E-state index contributed by atoms with van der Waals surface area (Å²) in [6, 6.07) is 4.64. The van der Waals surface area contributed by atoms with Gasteiger partial charge in [0.25, 0.3) is 0 Å².